The lowest BCUT2D eigenvalue weighted by Gasteiger charge is -2.08. The minimum Gasteiger partial charge on any atom is -0.349 e. The minimum atomic E-state index is 0.821. The number of rotatable bonds is 1. The first-order valence-electron chi connectivity index (χ1n) is 3.15. The van der Waals surface area contributed by atoms with Crippen LogP contribution in [0.3, 0.4) is 0 Å². The molecule has 0 bridgehead atoms. The van der Waals surface area contributed by atoms with Gasteiger partial charge in [0.15, 0.2) is 6.34 Å². The summed E-state index contributed by atoms with van der Waals surface area (Å²) < 4.78 is 0. The van der Waals surface area contributed by atoms with Crippen LogP contribution in [0, 0.1) is 0 Å². The molecule has 2 aliphatic rings. The standard InChI is InChI=1S/C6H9N2/c1-2-6(1)8-4-3-7-5-8/h6H,1-4H2. The van der Waals surface area contributed by atoms with Crippen molar-refractivity contribution in [2.45, 2.75) is 18.9 Å². The van der Waals surface area contributed by atoms with Crippen molar-refractivity contribution in [1.29, 1.82) is 0 Å². The zero-order chi connectivity index (χ0) is 5.40. The maximum absolute atomic E-state index is 4.00. The van der Waals surface area contributed by atoms with Crippen LogP contribution >= 0.6 is 0 Å². The van der Waals surface area contributed by atoms with E-state index in [0.717, 1.165) is 19.1 Å². The Kier molecular flexibility index (Phi) is 0.802. The monoisotopic (exact) mass is 109 g/mol. The molecular formula is C6H9N2. The Bertz CT molecular complexity index is 116. The molecule has 0 N–H and O–H groups in total. The third-order valence-corrected chi connectivity index (χ3v) is 1.64. The van der Waals surface area contributed by atoms with Crippen molar-refractivity contribution in [3.63, 3.8) is 0 Å². The average Bonchev–Trinajstić information content (AvgIpc) is 2.49. The van der Waals surface area contributed by atoms with Crippen LogP contribution in [0.2, 0.25) is 0 Å². The van der Waals surface area contributed by atoms with Crippen molar-refractivity contribution < 1.29 is 0 Å². The lowest BCUT2D eigenvalue weighted by Crippen LogP contribution is -2.21. The number of nitrogens with zero attached hydrogens (tertiary/aromatic N) is 2. The van der Waals surface area contributed by atoms with Crippen LogP contribution in [0.4, 0.5) is 0 Å². The average molecular weight is 109 g/mol. The number of hydrogen-bond donors (Lipinski definition) is 0. The van der Waals surface area contributed by atoms with Gasteiger partial charge in [-0.3, -0.25) is 4.99 Å². The highest BCUT2D eigenvalue weighted by atomic mass is 15.2. The molecule has 1 fully saturated rings. The molecule has 0 amide bonds. The number of hydrogen-bond acceptors (Lipinski definition) is 2. The lowest BCUT2D eigenvalue weighted by atomic mass is 10.5. The molecule has 1 saturated carbocycles. The third kappa shape index (κ3) is 0.602. The van der Waals surface area contributed by atoms with E-state index in [2.05, 4.69) is 16.2 Å². The molecule has 2 nitrogen and oxygen atoms in total. The van der Waals surface area contributed by atoms with Gasteiger partial charge in [0.25, 0.3) is 0 Å². The first-order valence-corrected chi connectivity index (χ1v) is 3.15. The molecule has 0 saturated heterocycles. The Morgan fingerprint density at radius 1 is 1.50 bits per heavy atom. The fourth-order valence-corrected chi connectivity index (χ4v) is 0.999. The van der Waals surface area contributed by atoms with E-state index in [1.165, 1.54) is 12.8 Å². The highest BCUT2D eigenvalue weighted by Crippen LogP contribution is 2.26. The molecule has 0 atom stereocenters. The Hall–Kier alpha value is -0.530. The van der Waals surface area contributed by atoms with Crippen molar-refractivity contribution in [1.82, 2.24) is 4.90 Å². The molecular weight excluding hydrogens is 100 g/mol. The second-order valence-corrected chi connectivity index (χ2v) is 2.41. The first kappa shape index (κ1) is 4.36. The van der Waals surface area contributed by atoms with Crippen LogP contribution in [0.1, 0.15) is 12.8 Å². The van der Waals surface area contributed by atoms with E-state index >= 15 is 0 Å². The van der Waals surface area contributed by atoms with Gasteiger partial charge in [-0.05, 0) is 12.8 Å². The molecule has 0 aromatic heterocycles. The molecule has 0 spiro atoms. The molecule has 0 unspecified atom stereocenters. The Morgan fingerprint density at radius 3 is 2.88 bits per heavy atom. The second-order valence-electron chi connectivity index (χ2n) is 2.41. The van der Waals surface area contributed by atoms with Gasteiger partial charge in [-0.2, -0.15) is 0 Å². The summed E-state index contributed by atoms with van der Waals surface area (Å²) >= 11 is 0. The van der Waals surface area contributed by atoms with Gasteiger partial charge < -0.3 is 4.90 Å². The van der Waals surface area contributed by atoms with Crippen LogP contribution < -0.4 is 0 Å². The van der Waals surface area contributed by atoms with Crippen molar-refractivity contribution in [3.05, 3.63) is 0 Å². The van der Waals surface area contributed by atoms with Crippen LogP contribution in [0.15, 0.2) is 4.99 Å². The van der Waals surface area contributed by atoms with Gasteiger partial charge >= 0.3 is 0 Å². The summed E-state index contributed by atoms with van der Waals surface area (Å²) in [4.78, 5) is 6.22. The minimum absolute atomic E-state index is 0.821. The molecule has 1 aliphatic heterocycles. The van der Waals surface area contributed by atoms with Crippen molar-refractivity contribution in [2.75, 3.05) is 13.1 Å². The quantitative estimate of drug-likeness (QED) is 0.475. The summed E-state index contributed by atoms with van der Waals surface area (Å²) in [6.45, 7) is 2.08. The smallest absolute Gasteiger partial charge is 0.167 e. The van der Waals surface area contributed by atoms with Crippen LogP contribution in [-0.2, 0) is 0 Å². The Labute approximate surface area is 49.2 Å². The van der Waals surface area contributed by atoms with Gasteiger partial charge in [-0.25, -0.2) is 0 Å². The summed E-state index contributed by atoms with van der Waals surface area (Å²) in [5.74, 6) is 0. The van der Waals surface area contributed by atoms with Crippen LogP contribution in [0.25, 0.3) is 0 Å². The van der Waals surface area contributed by atoms with E-state index in [4.69, 9.17) is 0 Å². The maximum atomic E-state index is 4.00. The van der Waals surface area contributed by atoms with Gasteiger partial charge in [0.05, 0.1) is 6.54 Å². The zero-order valence-electron chi connectivity index (χ0n) is 4.80. The van der Waals surface area contributed by atoms with Gasteiger partial charge in [0.1, 0.15) is 0 Å². The highest BCUT2D eigenvalue weighted by molar-refractivity contribution is 5.58. The second kappa shape index (κ2) is 1.47. The molecule has 1 radical (unpaired) electrons. The summed E-state index contributed by atoms with van der Waals surface area (Å²) in [5.41, 5.74) is 0. The maximum Gasteiger partial charge on any atom is 0.167 e. The van der Waals surface area contributed by atoms with E-state index in [1.54, 1.807) is 0 Å². The molecule has 43 valence electrons. The molecule has 8 heavy (non-hydrogen) atoms. The SMILES string of the molecule is [C]1=NCCN1C1CC1. The summed E-state index contributed by atoms with van der Waals surface area (Å²) in [5, 5.41) is 0. The first-order chi connectivity index (χ1) is 3.97. The van der Waals surface area contributed by atoms with E-state index < -0.39 is 0 Å². The topological polar surface area (TPSA) is 15.6 Å². The third-order valence-electron chi connectivity index (χ3n) is 1.64. The summed E-state index contributed by atoms with van der Waals surface area (Å²) in [7, 11) is 0. The fourth-order valence-electron chi connectivity index (χ4n) is 0.999. The molecule has 2 rings (SSSR count). The summed E-state index contributed by atoms with van der Waals surface area (Å²) in [6, 6.07) is 0.821. The van der Waals surface area contributed by atoms with E-state index in [1.807, 2.05) is 0 Å². The van der Waals surface area contributed by atoms with Crippen molar-refractivity contribution >= 4 is 6.34 Å². The van der Waals surface area contributed by atoms with Gasteiger partial charge in [0, 0.05) is 12.6 Å². The zero-order valence-corrected chi connectivity index (χ0v) is 4.80. The normalized spacial score (nSPS) is 27.2. The number of aliphatic imine (C=N–C) groups is 1. The predicted molar refractivity (Wildman–Crippen MR) is 32.0 cm³/mol. The van der Waals surface area contributed by atoms with Gasteiger partial charge in [-0.15, -0.1) is 0 Å². The summed E-state index contributed by atoms with van der Waals surface area (Å²) in [6.07, 6.45) is 5.70. The molecule has 0 aromatic carbocycles. The Balaban J connectivity index is 1.95. The van der Waals surface area contributed by atoms with Gasteiger partial charge in [0.2, 0.25) is 0 Å². The predicted octanol–water partition coefficient (Wildman–Crippen LogP) is 0.370. The Morgan fingerprint density at radius 2 is 2.38 bits per heavy atom. The van der Waals surface area contributed by atoms with Crippen LogP contribution in [0.5, 0.6) is 0 Å². The molecule has 1 heterocycles. The van der Waals surface area contributed by atoms with Gasteiger partial charge in [-0.1, -0.05) is 0 Å². The molecule has 1 aliphatic carbocycles. The lowest BCUT2D eigenvalue weighted by molar-refractivity contribution is 0.459. The molecule has 0 aromatic rings. The fraction of sp³-hybridized carbons (Fsp3) is 0.833. The van der Waals surface area contributed by atoms with Crippen LogP contribution in [-0.4, -0.2) is 30.4 Å². The largest absolute Gasteiger partial charge is 0.349 e. The van der Waals surface area contributed by atoms with E-state index in [-0.39, 0.29) is 0 Å². The highest BCUT2D eigenvalue weighted by Gasteiger charge is 2.28. The molecule has 2 heteroatoms. The van der Waals surface area contributed by atoms with Crippen molar-refractivity contribution in [2.24, 2.45) is 4.99 Å². The van der Waals surface area contributed by atoms with Crippen molar-refractivity contribution in [3.8, 4) is 0 Å². The van der Waals surface area contributed by atoms with E-state index in [0.29, 0.717) is 0 Å². The van der Waals surface area contributed by atoms with E-state index in [9.17, 15) is 0 Å².